The van der Waals surface area contributed by atoms with Gasteiger partial charge in [-0.1, -0.05) is 25.5 Å². The number of hydrogen-bond acceptors (Lipinski definition) is 3. The minimum Gasteiger partial charge on any atom is -0.497 e. The second-order valence-corrected chi connectivity index (χ2v) is 7.22. The van der Waals surface area contributed by atoms with Crippen molar-refractivity contribution in [1.29, 1.82) is 0 Å². The van der Waals surface area contributed by atoms with Crippen LogP contribution in [0.3, 0.4) is 0 Å². The number of carbonyl (C=O) groups excluding carboxylic acids is 1. The number of benzene rings is 1. The number of amides is 1. The molecule has 6 heteroatoms. The van der Waals surface area contributed by atoms with Gasteiger partial charge in [-0.25, -0.2) is 4.99 Å². The smallest absolute Gasteiger partial charge is 0.241 e. The van der Waals surface area contributed by atoms with E-state index in [4.69, 9.17) is 4.74 Å². The van der Waals surface area contributed by atoms with Crippen molar-refractivity contribution in [3.05, 3.63) is 29.8 Å². The zero-order valence-corrected chi connectivity index (χ0v) is 16.5. The van der Waals surface area contributed by atoms with Gasteiger partial charge in [-0.15, -0.1) is 0 Å². The summed E-state index contributed by atoms with van der Waals surface area (Å²) >= 11 is 0. The lowest BCUT2D eigenvalue weighted by Gasteiger charge is -2.41. The first kappa shape index (κ1) is 20.1. The molecular formula is C20H32N4O2. The molecule has 0 aromatic heterocycles. The van der Waals surface area contributed by atoms with E-state index in [0.717, 1.165) is 17.9 Å². The molecule has 0 bridgehead atoms. The molecule has 26 heavy (non-hydrogen) atoms. The maximum absolute atomic E-state index is 11.9. The van der Waals surface area contributed by atoms with E-state index in [2.05, 4.69) is 22.5 Å². The Morgan fingerprint density at radius 1 is 1.23 bits per heavy atom. The number of carbonyl (C=O) groups is 1. The number of aliphatic imine (C=N–C) groups is 1. The van der Waals surface area contributed by atoms with E-state index in [1.165, 1.54) is 25.7 Å². The van der Waals surface area contributed by atoms with Crippen molar-refractivity contribution < 1.29 is 9.53 Å². The van der Waals surface area contributed by atoms with Gasteiger partial charge in [0, 0.05) is 20.6 Å². The van der Waals surface area contributed by atoms with E-state index in [1.54, 1.807) is 26.1 Å². The molecule has 2 N–H and O–H groups in total. The highest BCUT2D eigenvalue weighted by Gasteiger charge is 2.34. The number of nitrogens with zero attached hydrogens (tertiary/aromatic N) is 2. The number of methoxy groups -OCH3 is 1. The van der Waals surface area contributed by atoms with Gasteiger partial charge in [0.05, 0.1) is 20.2 Å². The number of rotatable bonds is 8. The third kappa shape index (κ3) is 5.64. The largest absolute Gasteiger partial charge is 0.497 e. The number of hydrogen-bond donors (Lipinski definition) is 2. The molecule has 6 nitrogen and oxygen atoms in total. The van der Waals surface area contributed by atoms with Gasteiger partial charge in [0.25, 0.3) is 0 Å². The predicted octanol–water partition coefficient (Wildman–Crippen LogP) is 2.40. The van der Waals surface area contributed by atoms with Crippen LogP contribution in [0.2, 0.25) is 0 Å². The first-order valence-corrected chi connectivity index (χ1v) is 9.33. The summed E-state index contributed by atoms with van der Waals surface area (Å²) in [5.41, 5.74) is 1.48. The standard InChI is InChI=1S/C20H32N4O2/c1-5-20(11-6-12-20)15-23-19(22-14-18(25)24(2)3)21-13-16-7-9-17(26-4)10-8-16/h7-10H,5-6,11-15H2,1-4H3,(H2,21,22,23). The zero-order chi connectivity index (χ0) is 19.0. The third-order valence-corrected chi connectivity index (χ3v) is 5.28. The predicted molar refractivity (Wildman–Crippen MR) is 105 cm³/mol. The fraction of sp³-hybridized carbons (Fsp3) is 0.600. The van der Waals surface area contributed by atoms with Gasteiger partial charge < -0.3 is 20.3 Å². The van der Waals surface area contributed by atoms with E-state index < -0.39 is 0 Å². The van der Waals surface area contributed by atoms with Crippen molar-refractivity contribution in [2.45, 2.75) is 39.2 Å². The molecule has 1 aliphatic carbocycles. The SMILES string of the molecule is CCC1(CNC(=NCc2ccc(OC)cc2)NCC(=O)N(C)C)CCC1. The molecule has 1 aliphatic rings. The Morgan fingerprint density at radius 2 is 1.92 bits per heavy atom. The van der Waals surface area contributed by atoms with Crippen LogP contribution in [0.25, 0.3) is 0 Å². The Bertz CT molecular complexity index is 601. The van der Waals surface area contributed by atoms with E-state index in [1.807, 2.05) is 24.3 Å². The molecule has 2 rings (SSSR count). The lowest BCUT2D eigenvalue weighted by atomic mass is 9.67. The molecule has 1 saturated carbocycles. The maximum Gasteiger partial charge on any atom is 0.241 e. The first-order valence-electron chi connectivity index (χ1n) is 9.33. The highest BCUT2D eigenvalue weighted by atomic mass is 16.5. The molecule has 0 radical (unpaired) electrons. The number of guanidine groups is 1. The normalized spacial score (nSPS) is 15.8. The van der Waals surface area contributed by atoms with E-state index in [-0.39, 0.29) is 12.5 Å². The van der Waals surface area contributed by atoms with Crippen molar-refractivity contribution in [2.75, 3.05) is 34.3 Å². The monoisotopic (exact) mass is 360 g/mol. The number of nitrogens with one attached hydrogen (secondary N) is 2. The van der Waals surface area contributed by atoms with Crippen molar-refractivity contribution in [3.8, 4) is 5.75 Å². The van der Waals surface area contributed by atoms with Gasteiger partial charge >= 0.3 is 0 Å². The molecule has 1 aromatic rings. The third-order valence-electron chi connectivity index (χ3n) is 5.28. The van der Waals surface area contributed by atoms with Crippen molar-refractivity contribution in [2.24, 2.45) is 10.4 Å². The Balaban J connectivity index is 1.98. The molecule has 0 spiro atoms. The van der Waals surface area contributed by atoms with Crippen LogP contribution in [-0.4, -0.2) is 51.1 Å². The summed E-state index contributed by atoms with van der Waals surface area (Å²) < 4.78 is 5.19. The second kappa shape index (κ2) is 9.46. The summed E-state index contributed by atoms with van der Waals surface area (Å²) in [4.78, 5) is 18.1. The lowest BCUT2D eigenvalue weighted by molar-refractivity contribution is -0.127. The summed E-state index contributed by atoms with van der Waals surface area (Å²) in [7, 11) is 5.17. The first-order chi connectivity index (χ1) is 12.5. The topological polar surface area (TPSA) is 66.0 Å². The van der Waals surface area contributed by atoms with Crippen molar-refractivity contribution in [1.82, 2.24) is 15.5 Å². The molecule has 144 valence electrons. The van der Waals surface area contributed by atoms with Gasteiger partial charge in [0.1, 0.15) is 5.75 Å². The van der Waals surface area contributed by atoms with Crippen LogP contribution in [0.4, 0.5) is 0 Å². The zero-order valence-electron chi connectivity index (χ0n) is 16.5. The van der Waals surface area contributed by atoms with E-state index >= 15 is 0 Å². The van der Waals surface area contributed by atoms with Crippen LogP contribution >= 0.6 is 0 Å². The highest BCUT2D eigenvalue weighted by molar-refractivity contribution is 5.86. The molecule has 1 aromatic carbocycles. The second-order valence-electron chi connectivity index (χ2n) is 7.22. The van der Waals surface area contributed by atoms with Crippen LogP contribution in [0.5, 0.6) is 5.75 Å². The Morgan fingerprint density at radius 3 is 2.42 bits per heavy atom. The molecule has 0 heterocycles. The van der Waals surface area contributed by atoms with E-state index in [0.29, 0.717) is 17.9 Å². The van der Waals surface area contributed by atoms with Gasteiger partial charge in [-0.05, 0) is 42.4 Å². The average Bonchev–Trinajstić information content (AvgIpc) is 2.62. The molecule has 1 fully saturated rings. The highest BCUT2D eigenvalue weighted by Crippen LogP contribution is 2.42. The minimum atomic E-state index is 0.0257. The van der Waals surface area contributed by atoms with Gasteiger partial charge in [-0.2, -0.15) is 0 Å². The molecule has 0 unspecified atom stereocenters. The summed E-state index contributed by atoms with van der Waals surface area (Å²) in [5, 5.41) is 6.61. The molecule has 1 amide bonds. The Hall–Kier alpha value is -2.24. The fourth-order valence-electron chi connectivity index (χ4n) is 3.00. The van der Waals surface area contributed by atoms with Gasteiger partial charge in [-0.3, -0.25) is 4.79 Å². The van der Waals surface area contributed by atoms with E-state index in [9.17, 15) is 4.79 Å². The van der Waals surface area contributed by atoms with Crippen LogP contribution in [0.1, 0.15) is 38.2 Å². The van der Waals surface area contributed by atoms with Crippen LogP contribution in [-0.2, 0) is 11.3 Å². The fourth-order valence-corrected chi connectivity index (χ4v) is 3.00. The molecule has 0 aliphatic heterocycles. The average molecular weight is 361 g/mol. The summed E-state index contributed by atoms with van der Waals surface area (Å²) in [6, 6.07) is 7.87. The summed E-state index contributed by atoms with van der Waals surface area (Å²) in [6.45, 7) is 3.93. The Labute approximate surface area is 157 Å². The molecule has 0 saturated heterocycles. The molecule has 0 atom stereocenters. The van der Waals surface area contributed by atoms with Crippen LogP contribution in [0.15, 0.2) is 29.3 Å². The summed E-state index contributed by atoms with van der Waals surface area (Å²) in [5.74, 6) is 1.55. The van der Waals surface area contributed by atoms with Crippen LogP contribution in [0, 0.1) is 5.41 Å². The van der Waals surface area contributed by atoms with Crippen molar-refractivity contribution in [3.63, 3.8) is 0 Å². The van der Waals surface area contributed by atoms with Crippen molar-refractivity contribution >= 4 is 11.9 Å². The van der Waals surface area contributed by atoms with Gasteiger partial charge in [0.2, 0.25) is 5.91 Å². The quantitative estimate of drug-likeness (QED) is 0.552. The number of likely N-dealkylation sites (N-methyl/N-ethyl adjacent to an activating group) is 1. The van der Waals surface area contributed by atoms with Gasteiger partial charge in [0.15, 0.2) is 5.96 Å². The number of ether oxygens (including phenoxy) is 1. The summed E-state index contributed by atoms with van der Waals surface area (Å²) in [6.07, 6.45) is 5.00. The van der Waals surface area contributed by atoms with Crippen LogP contribution < -0.4 is 15.4 Å². The lowest BCUT2D eigenvalue weighted by Crippen LogP contribution is -2.48. The minimum absolute atomic E-state index is 0.0257. The molecular weight excluding hydrogens is 328 g/mol. The maximum atomic E-state index is 11.9. The Kier molecular flexibility index (Phi) is 7.30.